The fraction of sp³-hybridized carbons (Fsp3) is 0.500. The van der Waals surface area contributed by atoms with Crippen LogP contribution in [-0.2, 0) is 24.4 Å². The Balaban J connectivity index is 1.04. The number of hydrogen-bond donors (Lipinski definition) is 3. The van der Waals surface area contributed by atoms with E-state index >= 15 is 0 Å². The maximum atomic E-state index is 14.6. The van der Waals surface area contributed by atoms with Crippen LogP contribution in [0.25, 0.3) is 21.6 Å². The van der Waals surface area contributed by atoms with Crippen molar-refractivity contribution in [1.82, 2.24) is 19.6 Å². The predicted octanol–water partition coefficient (Wildman–Crippen LogP) is 8.15. The van der Waals surface area contributed by atoms with Gasteiger partial charge in [-0.2, -0.15) is 0 Å². The number of carbonyl (C=O) groups is 3. The number of amides is 3. The molecule has 14 nitrogen and oxygen atoms in total. The second-order valence-corrected chi connectivity index (χ2v) is 20.7. The molecule has 5 atom stereocenters. The molecule has 1 aliphatic heterocycles. The van der Waals surface area contributed by atoms with E-state index in [9.17, 15) is 36.0 Å². The zero-order valence-corrected chi connectivity index (χ0v) is 38.6. The summed E-state index contributed by atoms with van der Waals surface area (Å²) in [5.41, 5.74) is 9.09. The lowest BCUT2D eigenvalue weighted by Gasteiger charge is -2.28. The first kappa shape index (κ1) is 47.5. The summed E-state index contributed by atoms with van der Waals surface area (Å²) in [6.07, 6.45) is 2.97. The highest BCUT2D eigenvalue weighted by Gasteiger charge is 2.52. The first-order valence-electron chi connectivity index (χ1n) is 21.8. The van der Waals surface area contributed by atoms with E-state index in [4.69, 9.17) is 25.2 Å². The van der Waals surface area contributed by atoms with Gasteiger partial charge in [0.1, 0.15) is 46.1 Å². The molecule has 4 N–H and O–H groups in total. The Bertz CT molecular complexity index is 2560. The largest absolute Gasteiger partial charge is 0.573 e. The smallest absolute Gasteiger partial charge is 0.496 e. The summed E-state index contributed by atoms with van der Waals surface area (Å²) in [7, 11) is -2.11. The molecule has 1 saturated heterocycles. The van der Waals surface area contributed by atoms with Crippen LogP contribution >= 0.6 is 11.3 Å². The SMILES string of the molecule is COc1ccc2c(OC3C[C@@H](C(N)=O)N(C(=O)[C@H](CCCCC/C=C\[C@@H]4C[C@@H]4C(=O)NS(=O)(=O)C4(C)CC4)Nc4cccc(OC(F)(F)F)c4)C3)cc(-c3nc(C(C)C)cs3)nc2c1C. The summed E-state index contributed by atoms with van der Waals surface area (Å²) in [5, 5.41) is 6.49. The molecule has 350 valence electrons. The number of thiazole rings is 1. The summed E-state index contributed by atoms with van der Waals surface area (Å²) in [4.78, 5) is 51.3. The van der Waals surface area contributed by atoms with Gasteiger partial charge in [-0.25, -0.2) is 18.4 Å². The number of nitrogens with zero attached hydrogens (tertiary/aromatic N) is 3. The number of aromatic nitrogens is 2. The molecule has 3 aliphatic rings. The number of benzene rings is 2. The van der Waals surface area contributed by atoms with Crippen LogP contribution in [-0.4, -0.2) is 84.0 Å². The van der Waals surface area contributed by atoms with Crippen LogP contribution in [0.1, 0.15) is 95.7 Å². The third-order valence-corrected chi connectivity index (χ3v) is 15.4. The van der Waals surface area contributed by atoms with E-state index in [1.165, 1.54) is 28.4 Å². The van der Waals surface area contributed by atoms with E-state index in [-0.39, 0.29) is 42.8 Å². The van der Waals surface area contributed by atoms with E-state index in [1.807, 2.05) is 36.6 Å². The Morgan fingerprint density at radius 3 is 2.51 bits per heavy atom. The van der Waals surface area contributed by atoms with Crippen LogP contribution in [0.4, 0.5) is 18.9 Å². The molecule has 2 aromatic carbocycles. The van der Waals surface area contributed by atoms with Crippen molar-refractivity contribution in [3.05, 3.63) is 71.3 Å². The minimum atomic E-state index is -4.92. The van der Waals surface area contributed by atoms with Crippen molar-refractivity contribution in [1.29, 1.82) is 0 Å². The molecule has 2 saturated carbocycles. The Kier molecular flexibility index (Phi) is 14.0. The van der Waals surface area contributed by atoms with Crippen molar-refractivity contribution in [3.8, 4) is 28.0 Å². The minimum absolute atomic E-state index is 0.00110. The number of rotatable bonds is 20. The number of fused-ring (bicyclic) bond motifs is 1. The van der Waals surface area contributed by atoms with Gasteiger partial charge in [-0.3, -0.25) is 19.1 Å². The molecule has 0 bridgehead atoms. The molecule has 19 heteroatoms. The van der Waals surface area contributed by atoms with Crippen molar-refractivity contribution in [2.75, 3.05) is 19.0 Å². The molecule has 3 amide bonds. The Hall–Kier alpha value is -5.43. The van der Waals surface area contributed by atoms with Crippen LogP contribution in [0.5, 0.6) is 17.2 Å². The first-order chi connectivity index (χ1) is 30.8. The molecule has 1 unspecified atom stereocenters. The Morgan fingerprint density at radius 1 is 1.06 bits per heavy atom. The highest BCUT2D eigenvalue weighted by atomic mass is 32.2. The Labute approximate surface area is 380 Å². The van der Waals surface area contributed by atoms with Crippen LogP contribution < -0.4 is 30.0 Å². The van der Waals surface area contributed by atoms with E-state index in [0.29, 0.717) is 71.6 Å². The third kappa shape index (κ3) is 11.3. The number of carbonyl (C=O) groups excluding carboxylic acids is 3. The summed E-state index contributed by atoms with van der Waals surface area (Å²) >= 11 is 1.46. The maximum absolute atomic E-state index is 14.6. The van der Waals surface area contributed by atoms with E-state index in [0.717, 1.165) is 29.8 Å². The fourth-order valence-corrected chi connectivity index (χ4v) is 10.3. The summed E-state index contributed by atoms with van der Waals surface area (Å²) in [5.74, 6) is -1.22. The van der Waals surface area contributed by atoms with E-state index < -0.39 is 62.8 Å². The molecule has 3 fully saturated rings. The van der Waals surface area contributed by atoms with Gasteiger partial charge in [0.2, 0.25) is 27.7 Å². The van der Waals surface area contributed by atoms with Gasteiger partial charge in [0, 0.05) is 46.5 Å². The van der Waals surface area contributed by atoms with Gasteiger partial charge >= 0.3 is 6.36 Å². The Morgan fingerprint density at radius 2 is 1.83 bits per heavy atom. The molecular weight excluding hydrogens is 886 g/mol. The third-order valence-electron chi connectivity index (χ3n) is 12.3. The van der Waals surface area contributed by atoms with Crippen LogP contribution in [0.15, 0.2) is 60.0 Å². The van der Waals surface area contributed by atoms with Gasteiger partial charge < -0.3 is 30.2 Å². The minimum Gasteiger partial charge on any atom is -0.496 e. The molecule has 7 rings (SSSR count). The summed E-state index contributed by atoms with van der Waals surface area (Å²) in [6, 6.07) is 8.69. The van der Waals surface area contributed by atoms with Crippen molar-refractivity contribution in [3.63, 3.8) is 0 Å². The fourth-order valence-electron chi connectivity index (χ4n) is 8.06. The number of nitrogens with two attached hydrogens (primary N) is 1. The number of ether oxygens (including phenoxy) is 3. The van der Waals surface area contributed by atoms with Gasteiger partial charge in [0.05, 0.1) is 29.6 Å². The lowest BCUT2D eigenvalue weighted by atomic mass is 10.0. The number of aryl methyl sites for hydroxylation is 1. The molecular formula is C46H55F3N6O8S2. The molecule has 0 radical (unpaired) electrons. The zero-order chi connectivity index (χ0) is 46.8. The van der Waals surface area contributed by atoms with Gasteiger partial charge in [0.25, 0.3) is 0 Å². The average Bonchev–Trinajstić information content (AvgIpc) is 4.08. The highest BCUT2D eigenvalue weighted by Crippen LogP contribution is 2.44. The number of methoxy groups -OCH3 is 1. The van der Waals surface area contributed by atoms with Crippen molar-refractivity contribution >= 4 is 55.7 Å². The van der Waals surface area contributed by atoms with Gasteiger partial charge in [-0.05, 0) is 88.5 Å². The molecule has 2 aliphatic carbocycles. The molecule has 2 aromatic heterocycles. The molecule has 0 spiro atoms. The average molecular weight is 941 g/mol. The zero-order valence-electron chi connectivity index (χ0n) is 36.9. The quantitative estimate of drug-likeness (QED) is 0.0572. The van der Waals surface area contributed by atoms with Crippen molar-refractivity contribution < 1.29 is 50.2 Å². The second kappa shape index (κ2) is 19.2. The summed E-state index contributed by atoms with van der Waals surface area (Å²) in [6.45, 7) is 7.65. The van der Waals surface area contributed by atoms with Crippen molar-refractivity contribution in [2.45, 2.75) is 121 Å². The number of pyridine rings is 1. The lowest BCUT2D eigenvalue weighted by Crippen LogP contribution is -2.49. The molecule has 65 heavy (non-hydrogen) atoms. The number of likely N-dealkylation sites (tertiary alicyclic amines) is 1. The molecule has 3 heterocycles. The number of hydrogen-bond acceptors (Lipinski definition) is 12. The standard InChI is InChI=1S/C46H55F3N6O8S2/c1-26(2)36-25-64-43(53-36)35-23-39(32-16-17-38(61-5)27(3)40(32)52-35)62-31-22-37(41(50)56)55(24-31)44(58)34(51-29-13-11-14-30(21-29)63-46(47,48)49)15-10-8-6-7-9-12-28-20-33(28)42(57)54-65(59,60)45(4)18-19-45/h9,11-14,16-17,21,23,25-26,28,31,33-34,37,51H,6-8,10,15,18-20,22,24H2,1-5H3,(H2,50,56)(H,54,57)/b12-9-/t28-,31?,33+,34+,37+/m1/s1. The maximum Gasteiger partial charge on any atom is 0.573 e. The summed E-state index contributed by atoms with van der Waals surface area (Å²) < 4.78 is 82.1. The normalized spacial score (nSPS) is 20.8. The van der Waals surface area contributed by atoms with Crippen LogP contribution in [0, 0.1) is 18.8 Å². The van der Waals surface area contributed by atoms with Crippen LogP contribution in [0.2, 0.25) is 0 Å². The number of nitrogens with one attached hydrogen (secondary N) is 2. The monoisotopic (exact) mass is 940 g/mol. The number of alkyl halides is 3. The highest BCUT2D eigenvalue weighted by molar-refractivity contribution is 7.91. The van der Waals surface area contributed by atoms with E-state index in [1.54, 1.807) is 20.1 Å². The number of primary amides is 1. The predicted molar refractivity (Wildman–Crippen MR) is 241 cm³/mol. The van der Waals surface area contributed by atoms with Gasteiger partial charge in [-0.15, -0.1) is 24.5 Å². The van der Waals surface area contributed by atoms with E-state index in [2.05, 4.69) is 28.6 Å². The number of unbranched alkanes of at least 4 members (excludes halogenated alkanes) is 3. The number of halogens is 3. The number of allylic oxidation sites excluding steroid dienone is 2. The lowest BCUT2D eigenvalue weighted by molar-refractivity contribution is -0.274. The molecule has 4 aromatic rings. The second-order valence-electron chi connectivity index (χ2n) is 17.7. The van der Waals surface area contributed by atoms with Crippen molar-refractivity contribution in [2.24, 2.45) is 17.6 Å². The topological polar surface area (TPSA) is 192 Å². The number of sulfonamides is 1. The van der Waals surface area contributed by atoms with Gasteiger partial charge in [0.15, 0.2) is 0 Å². The van der Waals surface area contributed by atoms with Gasteiger partial charge in [-0.1, -0.05) is 44.9 Å². The first-order valence-corrected chi connectivity index (χ1v) is 24.2. The number of anilines is 1. The van der Waals surface area contributed by atoms with Crippen LogP contribution in [0.3, 0.4) is 0 Å².